The van der Waals surface area contributed by atoms with E-state index in [1.165, 1.54) is 11.1 Å². The molecule has 3 rings (SSSR count). The molecule has 0 radical (unpaired) electrons. The third kappa shape index (κ3) is 2.49. The minimum absolute atomic E-state index is 0.153. The maximum Gasteiger partial charge on any atom is 0.132 e. The molecule has 0 aliphatic rings. The summed E-state index contributed by atoms with van der Waals surface area (Å²) in [5, 5.41) is -0.153. The van der Waals surface area contributed by atoms with Gasteiger partial charge in [0, 0.05) is 4.47 Å². The van der Waals surface area contributed by atoms with Crippen molar-refractivity contribution < 1.29 is 0 Å². The van der Waals surface area contributed by atoms with Crippen molar-refractivity contribution in [2.45, 2.75) is 26.1 Å². The van der Waals surface area contributed by atoms with E-state index in [1.807, 2.05) is 13.0 Å². The topological polar surface area (TPSA) is 17.8 Å². The van der Waals surface area contributed by atoms with Crippen molar-refractivity contribution in [3.8, 4) is 5.69 Å². The van der Waals surface area contributed by atoms with Crippen LogP contribution in [0.1, 0.15) is 29.3 Å². The molecule has 0 fully saturated rings. The molecule has 0 aliphatic heterocycles. The van der Waals surface area contributed by atoms with Crippen LogP contribution in [0.4, 0.5) is 0 Å². The Bertz CT molecular complexity index is 821. The van der Waals surface area contributed by atoms with Gasteiger partial charge in [0.25, 0.3) is 0 Å². The highest BCUT2D eigenvalue weighted by atomic mass is 79.9. The minimum Gasteiger partial charge on any atom is -0.295 e. The van der Waals surface area contributed by atoms with E-state index >= 15 is 0 Å². The predicted octanol–water partition coefficient (Wildman–Crippen LogP) is 5.70. The Morgan fingerprint density at radius 1 is 1.14 bits per heavy atom. The van der Waals surface area contributed by atoms with Crippen LogP contribution in [0.25, 0.3) is 16.7 Å². The molecule has 0 N–H and O–H groups in total. The number of imidazole rings is 1. The summed E-state index contributed by atoms with van der Waals surface area (Å²) >= 11 is 9.89. The summed E-state index contributed by atoms with van der Waals surface area (Å²) < 4.78 is 3.24. The lowest BCUT2D eigenvalue weighted by Gasteiger charge is -2.13. The van der Waals surface area contributed by atoms with Crippen LogP contribution in [0.2, 0.25) is 0 Å². The summed E-state index contributed by atoms with van der Waals surface area (Å²) in [4.78, 5) is 4.77. The highest BCUT2D eigenvalue weighted by Gasteiger charge is 2.18. The van der Waals surface area contributed by atoms with Gasteiger partial charge < -0.3 is 0 Å². The second kappa shape index (κ2) is 5.47. The Morgan fingerprint density at radius 2 is 1.90 bits per heavy atom. The van der Waals surface area contributed by atoms with Crippen molar-refractivity contribution in [3.63, 3.8) is 0 Å². The fraction of sp³-hybridized carbons (Fsp3) is 0.235. The van der Waals surface area contributed by atoms with Crippen molar-refractivity contribution in [3.05, 3.63) is 57.8 Å². The largest absolute Gasteiger partial charge is 0.295 e. The van der Waals surface area contributed by atoms with E-state index in [4.69, 9.17) is 16.6 Å². The lowest BCUT2D eigenvalue weighted by molar-refractivity contribution is 0.878. The fourth-order valence-corrected chi connectivity index (χ4v) is 3.27. The second-order valence-electron chi connectivity index (χ2n) is 5.29. The highest BCUT2D eigenvalue weighted by molar-refractivity contribution is 9.10. The molecule has 1 heterocycles. The summed E-state index contributed by atoms with van der Waals surface area (Å²) in [7, 11) is 0. The molecule has 0 saturated carbocycles. The zero-order valence-electron chi connectivity index (χ0n) is 12.2. The summed E-state index contributed by atoms with van der Waals surface area (Å²) in [6.45, 7) is 6.14. The Labute approximate surface area is 137 Å². The molecule has 2 aromatic carbocycles. The number of halogens is 2. The Hall–Kier alpha value is -1.32. The van der Waals surface area contributed by atoms with Gasteiger partial charge in [0.15, 0.2) is 0 Å². The molecular weight excluding hydrogens is 348 g/mol. The Morgan fingerprint density at radius 3 is 2.57 bits per heavy atom. The average molecular weight is 364 g/mol. The summed E-state index contributed by atoms with van der Waals surface area (Å²) in [6, 6.07) is 12.5. The lowest BCUT2D eigenvalue weighted by atomic mass is 10.1. The van der Waals surface area contributed by atoms with Crippen LogP contribution >= 0.6 is 27.5 Å². The minimum atomic E-state index is -0.153. The van der Waals surface area contributed by atoms with E-state index in [0.717, 1.165) is 27.0 Å². The molecule has 0 aliphatic carbocycles. The van der Waals surface area contributed by atoms with Gasteiger partial charge in [0.1, 0.15) is 5.82 Å². The number of benzene rings is 2. The van der Waals surface area contributed by atoms with Crippen LogP contribution in [0, 0.1) is 13.8 Å². The Kier molecular flexibility index (Phi) is 3.80. The number of aryl methyl sites for hydroxylation is 2. The zero-order valence-corrected chi connectivity index (χ0v) is 14.5. The number of nitrogens with zero attached hydrogens (tertiary/aromatic N) is 2. The van der Waals surface area contributed by atoms with Gasteiger partial charge in [-0.2, -0.15) is 0 Å². The van der Waals surface area contributed by atoms with Crippen LogP contribution in [-0.4, -0.2) is 9.55 Å². The predicted molar refractivity (Wildman–Crippen MR) is 92.5 cm³/mol. The van der Waals surface area contributed by atoms with E-state index in [1.54, 1.807) is 0 Å². The van der Waals surface area contributed by atoms with E-state index < -0.39 is 0 Å². The summed E-state index contributed by atoms with van der Waals surface area (Å²) in [5.74, 6) is 0.881. The summed E-state index contributed by atoms with van der Waals surface area (Å²) in [6.07, 6.45) is 0. The van der Waals surface area contributed by atoms with Crippen LogP contribution in [0.3, 0.4) is 0 Å². The standard InChI is InChI=1S/C17H16BrClN2/c1-10-5-4-6-15-16(10)20-17(12(3)19)21(15)14-8-7-13(18)9-11(14)2/h4-9,12H,1-3H3. The van der Waals surface area contributed by atoms with Gasteiger partial charge in [-0.25, -0.2) is 4.98 Å². The first-order valence-corrected chi connectivity index (χ1v) is 8.10. The van der Waals surface area contributed by atoms with E-state index in [2.05, 4.69) is 64.7 Å². The molecule has 0 amide bonds. The smallest absolute Gasteiger partial charge is 0.132 e. The van der Waals surface area contributed by atoms with Gasteiger partial charge in [-0.3, -0.25) is 4.57 Å². The zero-order chi connectivity index (χ0) is 15.1. The molecule has 1 unspecified atom stereocenters. The van der Waals surface area contributed by atoms with Crippen molar-refractivity contribution in [1.29, 1.82) is 0 Å². The number of alkyl halides is 1. The van der Waals surface area contributed by atoms with Crippen molar-refractivity contribution in [2.24, 2.45) is 0 Å². The van der Waals surface area contributed by atoms with Crippen LogP contribution < -0.4 is 0 Å². The Balaban J connectivity index is 2.39. The van der Waals surface area contributed by atoms with Gasteiger partial charge in [-0.05, 0) is 56.2 Å². The number of aromatic nitrogens is 2. The first-order valence-electron chi connectivity index (χ1n) is 6.87. The van der Waals surface area contributed by atoms with Crippen molar-refractivity contribution in [2.75, 3.05) is 0 Å². The van der Waals surface area contributed by atoms with Gasteiger partial charge >= 0.3 is 0 Å². The quantitative estimate of drug-likeness (QED) is 0.534. The molecule has 21 heavy (non-hydrogen) atoms. The maximum atomic E-state index is 6.37. The molecule has 3 aromatic rings. The third-order valence-corrected chi connectivity index (χ3v) is 4.36. The monoisotopic (exact) mass is 362 g/mol. The normalized spacial score (nSPS) is 12.8. The second-order valence-corrected chi connectivity index (χ2v) is 6.87. The molecule has 0 saturated heterocycles. The molecular formula is C17H16BrClN2. The maximum absolute atomic E-state index is 6.37. The molecule has 0 spiro atoms. The molecule has 1 atom stereocenters. The van der Waals surface area contributed by atoms with Crippen LogP contribution in [0.15, 0.2) is 40.9 Å². The first-order chi connectivity index (χ1) is 9.99. The van der Waals surface area contributed by atoms with Crippen molar-refractivity contribution >= 4 is 38.6 Å². The number of para-hydroxylation sites is 1. The SMILES string of the molecule is Cc1cc(Br)ccc1-n1c(C(C)Cl)nc2c(C)cccc21. The first kappa shape index (κ1) is 14.6. The van der Waals surface area contributed by atoms with Crippen molar-refractivity contribution in [1.82, 2.24) is 9.55 Å². The number of hydrogen-bond donors (Lipinski definition) is 0. The number of rotatable bonds is 2. The number of fused-ring (bicyclic) bond motifs is 1. The molecule has 108 valence electrons. The fourth-order valence-electron chi connectivity index (χ4n) is 2.65. The lowest BCUT2D eigenvalue weighted by Crippen LogP contribution is -2.03. The van der Waals surface area contributed by atoms with E-state index in [9.17, 15) is 0 Å². The molecule has 2 nitrogen and oxygen atoms in total. The van der Waals surface area contributed by atoms with Crippen LogP contribution in [-0.2, 0) is 0 Å². The van der Waals surface area contributed by atoms with Gasteiger partial charge in [0.05, 0.1) is 22.1 Å². The van der Waals surface area contributed by atoms with Gasteiger partial charge in [-0.1, -0.05) is 28.1 Å². The molecule has 0 bridgehead atoms. The van der Waals surface area contributed by atoms with Gasteiger partial charge in [-0.15, -0.1) is 11.6 Å². The molecule has 1 aromatic heterocycles. The average Bonchev–Trinajstić information content (AvgIpc) is 2.80. The molecule has 4 heteroatoms. The van der Waals surface area contributed by atoms with E-state index in [-0.39, 0.29) is 5.38 Å². The highest BCUT2D eigenvalue weighted by Crippen LogP contribution is 2.31. The summed E-state index contributed by atoms with van der Waals surface area (Å²) in [5.41, 5.74) is 5.59. The van der Waals surface area contributed by atoms with Crippen LogP contribution in [0.5, 0.6) is 0 Å². The van der Waals surface area contributed by atoms with E-state index in [0.29, 0.717) is 0 Å². The van der Waals surface area contributed by atoms with Gasteiger partial charge in [0.2, 0.25) is 0 Å². The number of hydrogen-bond acceptors (Lipinski definition) is 1. The third-order valence-electron chi connectivity index (χ3n) is 3.67.